The summed E-state index contributed by atoms with van der Waals surface area (Å²) in [5.41, 5.74) is 2.15. The Morgan fingerprint density at radius 3 is 2.43 bits per heavy atom. The number of nitrogens with zero attached hydrogens (tertiary/aromatic N) is 4. The molecule has 1 saturated carbocycles. The number of aliphatic hydroxyl groups is 1. The van der Waals surface area contributed by atoms with Crippen molar-refractivity contribution < 1.29 is 5.11 Å². The van der Waals surface area contributed by atoms with E-state index >= 15 is 0 Å². The molecule has 0 saturated heterocycles. The molecule has 3 aromatic rings. The monoisotopic (exact) mass is 380 g/mol. The maximum absolute atomic E-state index is 12.2. The number of aromatic nitrogens is 4. The van der Waals surface area contributed by atoms with E-state index in [0.717, 1.165) is 23.9 Å². The fraction of sp³-hybridized carbons (Fsp3) is 0.500. The van der Waals surface area contributed by atoms with Crippen LogP contribution in [-0.2, 0) is 5.60 Å². The normalized spacial score (nSPS) is 18.6. The molecular weight excluding hydrogens is 352 g/mol. The van der Waals surface area contributed by atoms with Gasteiger partial charge in [0.05, 0.1) is 22.8 Å². The van der Waals surface area contributed by atoms with Crippen molar-refractivity contribution in [2.75, 3.05) is 0 Å². The lowest BCUT2D eigenvalue weighted by molar-refractivity contribution is -0.0337. The highest BCUT2D eigenvalue weighted by molar-refractivity contribution is 5.81. The third-order valence-corrected chi connectivity index (χ3v) is 5.98. The fourth-order valence-corrected chi connectivity index (χ4v) is 4.08. The minimum atomic E-state index is -0.989. The second-order valence-electron chi connectivity index (χ2n) is 9.04. The lowest BCUT2D eigenvalue weighted by Gasteiger charge is -2.39. The predicted octanol–water partition coefficient (Wildman–Crippen LogP) is 3.93. The van der Waals surface area contributed by atoms with Gasteiger partial charge in [-0.05, 0) is 63.1 Å². The zero-order chi connectivity index (χ0) is 20.1. The lowest BCUT2D eigenvalue weighted by Crippen LogP contribution is -2.35. The van der Waals surface area contributed by atoms with Gasteiger partial charge in [0.2, 0.25) is 0 Å². The Kier molecular flexibility index (Phi) is 4.42. The van der Waals surface area contributed by atoms with Crippen molar-refractivity contribution in [3.8, 4) is 11.3 Å². The Morgan fingerprint density at radius 2 is 1.75 bits per heavy atom. The van der Waals surface area contributed by atoms with E-state index in [0.29, 0.717) is 24.2 Å². The Bertz CT molecular complexity index is 1070. The van der Waals surface area contributed by atoms with Crippen LogP contribution in [0.1, 0.15) is 65.1 Å². The molecule has 3 aromatic heterocycles. The number of fused-ring (bicyclic) bond motifs is 1. The van der Waals surface area contributed by atoms with Gasteiger partial charge in [-0.2, -0.15) is 10.2 Å². The number of hydrogen-bond acceptors (Lipinski definition) is 4. The zero-order valence-corrected chi connectivity index (χ0v) is 17.0. The SMILES string of the molecule is CC(C)n1nc(-c2c(C3(O)CCC(C)(C)CC3)nn3ccccc23)ccc1=O. The van der Waals surface area contributed by atoms with Crippen LogP contribution in [0.2, 0.25) is 0 Å². The van der Waals surface area contributed by atoms with Crippen LogP contribution in [0, 0.1) is 5.41 Å². The molecule has 0 bridgehead atoms. The van der Waals surface area contributed by atoms with Gasteiger partial charge in [-0.3, -0.25) is 4.79 Å². The standard InChI is InChI=1S/C22H28N4O2/c1-15(2)26-18(27)9-8-16(23-26)19-17-7-5-6-14-25(17)24-20(19)22(28)12-10-21(3,4)11-13-22/h5-9,14-15,28H,10-13H2,1-4H3. The predicted molar refractivity (Wildman–Crippen MR) is 109 cm³/mol. The van der Waals surface area contributed by atoms with Gasteiger partial charge in [0.15, 0.2) is 0 Å². The highest BCUT2D eigenvalue weighted by atomic mass is 16.3. The summed E-state index contributed by atoms with van der Waals surface area (Å²) in [7, 11) is 0. The molecule has 0 amide bonds. The first-order valence-electron chi connectivity index (χ1n) is 10.0. The highest BCUT2D eigenvalue weighted by Crippen LogP contribution is 2.47. The summed E-state index contributed by atoms with van der Waals surface area (Å²) in [4.78, 5) is 12.2. The average molecular weight is 380 g/mol. The molecule has 0 atom stereocenters. The van der Waals surface area contributed by atoms with E-state index in [1.165, 1.54) is 4.68 Å². The van der Waals surface area contributed by atoms with Crippen LogP contribution in [0.5, 0.6) is 0 Å². The van der Waals surface area contributed by atoms with Crippen molar-refractivity contribution in [1.82, 2.24) is 19.4 Å². The molecule has 0 aliphatic heterocycles. The van der Waals surface area contributed by atoms with Crippen molar-refractivity contribution in [2.24, 2.45) is 5.41 Å². The van der Waals surface area contributed by atoms with Gasteiger partial charge in [-0.15, -0.1) is 0 Å². The smallest absolute Gasteiger partial charge is 0.267 e. The van der Waals surface area contributed by atoms with Gasteiger partial charge in [-0.1, -0.05) is 19.9 Å². The maximum atomic E-state index is 12.2. The van der Waals surface area contributed by atoms with E-state index in [9.17, 15) is 9.90 Å². The first-order valence-corrected chi connectivity index (χ1v) is 10.0. The number of pyridine rings is 1. The van der Waals surface area contributed by atoms with E-state index in [1.54, 1.807) is 16.6 Å². The first-order chi connectivity index (χ1) is 13.2. The van der Waals surface area contributed by atoms with Crippen LogP contribution in [0.3, 0.4) is 0 Å². The maximum Gasteiger partial charge on any atom is 0.267 e. The third-order valence-electron chi connectivity index (χ3n) is 5.98. The molecule has 1 N–H and O–H groups in total. The lowest BCUT2D eigenvalue weighted by atomic mass is 9.69. The summed E-state index contributed by atoms with van der Waals surface area (Å²) in [6.07, 6.45) is 5.10. The van der Waals surface area contributed by atoms with Gasteiger partial charge in [0, 0.05) is 12.3 Å². The van der Waals surface area contributed by atoms with Crippen LogP contribution in [0.4, 0.5) is 0 Å². The minimum Gasteiger partial charge on any atom is -0.383 e. The third kappa shape index (κ3) is 3.15. The van der Waals surface area contributed by atoms with Crippen molar-refractivity contribution in [1.29, 1.82) is 0 Å². The van der Waals surface area contributed by atoms with E-state index in [1.807, 2.05) is 38.2 Å². The molecule has 0 spiro atoms. The topological polar surface area (TPSA) is 72.4 Å². The van der Waals surface area contributed by atoms with Crippen LogP contribution in [0.15, 0.2) is 41.3 Å². The second-order valence-corrected chi connectivity index (χ2v) is 9.04. The second kappa shape index (κ2) is 6.55. The number of rotatable bonds is 3. The average Bonchev–Trinajstić information content (AvgIpc) is 3.05. The molecular formula is C22H28N4O2. The molecule has 3 heterocycles. The quantitative estimate of drug-likeness (QED) is 0.747. The molecule has 1 aliphatic rings. The molecule has 148 valence electrons. The van der Waals surface area contributed by atoms with Gasteiger partial charge in [-0.25, -0.2) is 9.20 Å². The van der Waals surface area contributed by atoms with E-state index in [2.05, 4.69) is 18.9 Å². The van der Waals surface area contributed by atoms with E-state index in [-0.39, 0.29) is 17.0 Å². The molecule has 0 aromatic carbocycles. The molecule has 4 rings (SSSR count). The summed E-state index contributed by atoms with van der Waals surface area (Å²) in [6, 6.07) is 9.10. The zero-order valence-electron chi connectivity index (χ0n) is 17.0. The van der Waals surface area contributed by atoms with Gasteiger partial charge < -0.3 is 5.11 Å². The van der Waals surface area contributed by atoms with Crippen LogP contribution < -0.4 is 5.56 Å². The molecule has 6 nitrogen and oxygen atoms in total. The van der Waals surface area contributed by atoms with Crippen molar-refractivity contribution in [3.05, 3.63) is 52.6 Å². The summed E-state index contributed by atoms with van der Waals surface area (Å²) >= 11 is 0. The van der Waals surface area contributed by atoms with Gasteiger partial charge >= 0.3 is 0 Å². The van der Waals surface area contributed by atoms with Crippen molar-refractivity contribution >= 4 is 5.52 Å². The Balaban J connectivity index is 1.93. The fourth-order valence-electron chi connectivity index (χ4n) is 4.08. The summed E-state index contributed by atoms with van der Waals surface area (Å²) in [5.74, 6) is 0. The molecule has 6 heteroatoms. The van der Waals surface area contributed by atoms with Crippen LogP contribution in [-0.4, -0.2) is 24.5 Å². The highest BCUT2D eigenvalue weighted by Gasteiger charge is 2.42. The van der Waals surface area contributed by atoms with Gasteiger partial charge in [0.1, 0.15) is 11.3 Å². The molecule has 0 radical (unpaired) electrons. The Morgan fingerprint density at radius 1 is 1.04 bits per heavy atom. The molecule has 1 fully saturated rings. The Labute approximate surface area is 164 Å². The summed E-state index contributed by atoms with van der Waals surface area (Å²) in [6.45, 7) is 8.37. The number of hydrogen-bond donors (Lipinski definition) is 1. The van der Waals surface area contributed by atoms with Gasteiger partial charge in [0.25, 0.3) is 5.56 Å². The largest absolute Gasteiger partial charge is 0.383 e. The molecule has 28 heavy (non-hydrogen) atoms. The van der Waals surface area contributed by atoms with Crippen LogP contribution >= 0.6 is 0 Å². The summed E-state index contributed by atoms with van der Waals surface area (Å²) in [5, 5.41) is 21.0. The Hall–Kier alpha value is -2.47. The van der Waals surface area contributed by atoms with Crippen LogP contribution in [0.25, 0.3) is 16.8 Å². The first kappa shape index (κ1) is 18.9. The van der Waals surface area contributed by atoms with E-state index < -0.39 is 5.60 Å². The van der Waals surface area contributed by atoms with Crippen molar-refractivity contribution in [2.45, 2.75) is 65.0 Å². The molecule has 1 aliphatic carbocycles. The van der Waals surface area contributed by atoms with E-state index in [4.69, 9.17) is 5.10 Å². The summed E-state index contributed by atoms with van der Waals surface area (Å²) < 4.78 is 3.29. The van der Waals surface area contributed by atoms with Crippen molar-refractivity contribution in [3.63, 3.8) is 0 Å². The molecule has 0 unspecified atom stereocenters. The minimum absolute atomic E-state index is 0.0451.